The van der Waals surface area contributed by atoms with Crippen molar-refractivity contribution in [1.29, 1.82) is 0 Å². The second-order valence-corrected chi connectivity index (χ2v) is 10.0. The molecule has 0 saturated carbocycles. The third kappa shape index (κ3) is 5.55. The van der Waals surface area contributed by atoms with Gasteiger partial charge >= 0.3 is 0 Å². The van der Waals surface area contributed by atoms with E-state index in [1.165, 1.54) is 36.7 Å². The molecule has 1 atom stereocenters. The molecule has 2 aliphatic rings. The minimum Gasteiger partial charge on any atom is -0.356 e. The van der Waals surface area contributed by atoms with Gasteiger partial charge in [0, 0.05) is 19.6 Å². The van der Waals surface area contributed by atoms with E-state index in [-0.39, 0.29) is 18.4 Å². The van der Waals surface area contributed by atoms with Crippen molar-refractivity contribution in [3.63, 3.8) is 0 Å². The quantitative estimate of drug-likeness (QED) is 0.705. The molecule has 2 saturated heterocycles. The molecular formula is C21H33N3O3S. The molecule has 0 aromatic heterocycles. The smallest absolute Gasteiger partial charge is 0.243 e. The van der Waals surface area contributed by atoms with Gasteiger partial charge in [-0.3, -0.25) is 4.79 Å². The van der Waals surface area contributed by atoms with E-state index in [1.54, 1.807) is 12.1 Å². The van der Waals surface area contributed by atoms with Crippen molar-refractivity contribution in [2.24, 2.45) is 5.92 Å². The van der Waals surface area contributed by atoms with Gasteiger partial charge in [-0.25, -0.2) is 8.42 Å². The van der Waals surface area contributed by atoms with Gasteiger partial charge < -0.3 is 10.2 Å². The highest BCUT2D eigenvalue weighted by Crippen LogP contribution is 2.24. The Hall–Kier alpha value is -1.44. The second-order valence-electron chi connectivity index (χ2n) is 8.06. The van der Waals surface area contributed by atoms with Crippen molar-refractivity contribution in [2.75, 3.05) is 39.3 Å². The third-order valence-corrected chi connectivity index (χ3v) is 7.69. The number of piperidine rings is 2. The summed E-state index contributed by atoms with van der Waals surface area (Å²) in [6.07, 6.45) is 6.30. The number of hydrogen-bond acceptors (Lipinski definition) is 4. The first kappa shape index (κ1) is 21.3. The van der Waals surface area contributed by atoms with Crippen LogP contribution >= 0.6 is 0 Å². The van der Waals surface area contributed by atoms with Crippen LogP contribution in [0.15, 0.2) is 29.2 Å². The van der Waals surface area contributed by atoms with Crippen LogP contribution < -0.4 is 5.32 Å². The molecule has 0 radical (unpaired) electrons. The molecule has 1 aromatic carbocycles. The summed E-state index contributed by atoms with van der Waals surface area (Å²) < 4.78 is 27.3. The molecular weight excluding hydrogens is 374 g/mol. The molecule has 1 amide bonds. The van der Waals surface area contributed by atoms with E-state index in [0.29, 0.717) is 18.0 Å². The highest BCUT2D eigenvalue weighted by molar-refractivity contribution is 7.89. The van der Waals surface area contributed by atoms with Crippen LogP contribution in [0.4, 0.5) is 0 Å². The Morgan fingerprint density at radius 2 is 1.79 bits per heavy atom. The second kappa shape index (κ2) is 9.85. The Labute approximate surface area is 169 Å². The van der Waals surface area contributed by atoms with Crippen LogP contribution in [0.25, 0.3) is 0 Å². The number of hydrogen-bond donors (Lipinski definition) is 1. The third-order valence-electron chi connectivity index (χ3n) is 5.81. The highest BCUT2D eigenvalue weighted by Gasteiger charge is 2.33. The van der Waals surface area contributed by atoms with E-state index in [9.17, 15) is 13.2 Å². The van der Waals surface area contributed by atoms with Gasteiger partial charge in [0.15, 0.2) is 0 Å². The predicted molar refractivity (Wildman–Crippen MR) is 111 cm³/mol. The zero-order valence-electron chi connectivity index (χ0n) is 16.9. The topological polar surface area (TPSA) is 69.7 Å². The van der Waals surface area contributed by atoms with Crippen molar-refractivity contribution in [1.82, 2.24) is 14.5 Å². The largest absolute Gasteiger partial charge is 0.356 e. The molecule has 2 heterocycles. The number of sulfonamides is 1. The number of carbonyl (C=O) groups is 1. The first-order valence-electron chi connectivity index (χ1n) is 10.5. The summed E-state index contributed by atoms with van der Waals surface area (Å²) >= 11 is 0. The van der Waals surface area contributed by atoms with E-state index in [4.69, 9.17) is 0 Å². The Bertz CT molecular complexity index is 743. The Balaban J connectivity index is 1.48. The minimum atomic E-state index is -3.54. The number of amides is 1. The molecule has 7 heteroatoms. The summed E-state index contributed by atoms with van der Waals surface area (Å²) in [5, 5.41) is 3.02. The average molecular weight is 408 g/mol. The van der Waals surface area contributed by atoms with Gasteiger partial charge in [0.1, 0.15) is 0 Å². The van der Waals surface area contributed by atoms with E-state index in [2.05, 4.69) is 10.2 Å². The molecule has 6 nitrogen and oxygen atoms in total. The first-order valence-corrected chi connectivity index (χ1v) is 12.0. The molecule has 2 aliphatic heterocycles. The van der Waals surface area contributed by atoms with Crippen LogP contribution in [0.3, 0.4) is 0 Å². The molecule has 0 aliphatic carbocycles. The fourth-order valence-corrected chi connectivity index (χ4v) is 5.60. The van der Waals surface area contributed by atoms with Gasteiger partial charge in [-0.2, -0.15) is 4.31 Å². The van der Waals surface area contributed by atoms with Crippen LogP contribution in [0.1, 0.15) is 44.1 Å². The molecule has 3 rings (SSSR count). The Kier molecular flexibility index (Phi) is 7.48. The number of nitrogens with zero attached hydrogens (tertiary/aromatic N) is 2. The molecule has 0 bridgehead atoms. The van der Waals surface area contributed by atoms with Crippen molar-refractivity contribution < 1.29 is 13.2 Å². The summed E-state index contributed by atoms with van der Waals surface area (Å²) in [7, 11) is -3.54. The molecule has 2 fully saturated rings. The zero-order valence-corrected chi connectivity index (χ0v) is 17.7. The van der Waals surface area contributed by atoms with Gasteiger partial charge in [0.2, 0.25) is 15.9 Å². The Morgan fingerprint density at radius 1 is 1.07 bits per heavy atom. The van der Waals surface area contributed by atoms with Gasteiger partial charge in [-0.05, 0) is 70.8 Å². The van der Waals surface area contributed by atoms with Crippen LogP contribution in [0.5, 0.6) is 0 Å². The van der Waals surface area contributed by atoms with Crippen LogP contribution in [-0.4, -0.2) is 62.8 Å². The van der Waals surface area contributed by atoms with Crippen molar-refractivity contribution in [2.45, 2.75) is 50.3 Å². The SMILES string of the molecule is Cc1ccc(S(=O)(=O)N2CCC[C@@H](C(=O)NCCCN3CCCCC3)C2)cc1. The molecule has 156 valence electrons. The van der Waals surface area contributed by atoms with E-state index in [1.807, 2.05) is 19.1 Å². The van der Waals surface area contributed by atoms with E-state index >= 15 is 0 Å². The van der Waals surface area contributed by atoms with Gasteiger partial charge in [0.25, 0.3) is 0 Å². The predicted octanol–water partition coefficient (Wildman–Crippen LogP) is 2.39. The zero-order chi connectivity index (χ0) is 20.0. The summed E-state index contributed by atoms with van der Waals surface area (Å²) in [6.45, 7) is 6.71. The molecule has 1 aromatic rings. The summed E-state index contributed by atoms with van der Waals surface area (Å²) in [5.41, 5.74) is 1.03. The van der Waals surface area contributed by atoms with Gasteiger partial charge in [-0.15, -0.1) is 0 Å². The lowest BCUT2D eigenvalue weighted by Crippen LogP contribution is -2.45. The van der Waals surface area contributed by atoms with Gasteiger partial charge in [-0.1, -0.05) is 24.1 Å². The lowest BCUT2D eigenvalue weighted by Gasteiger charge is -2.31. The number of rotatable bonds is 7. The maximum Gasteiger partial charge on any atom is 0.243 e. The van der Waals surface area contributed by atoms with Crippen LogP contribution in [0.2, 0.25) is 0 Å². The fourth-order valence-electron chi connectivity index (χ4n) is 4.08. The van der Waals surface area contributed by atoms with E-state index in [0.717, 1.165) is 31.4 Å². The number of carbonyl (C=O) groups excluding carboxylic acids is 1. The lowest BCUT2D eigenvalue weighted by atomic mass is 9.99. The lowest BCUT2D eigenvalue weighted by molar-refractivity contribution is -0.126. The van der Waals surface area contributed by atoms with Gasteiger partial charge in [0.05, 0.1) is 10.8 Å². The number of likely N-dealkylation sites (tertiary alicyclic amines) is 1. The van der Waals surface area contributed by atoms with E-state index < -0.39 is 10.0 Å². The van der Waals surface area contributed by atoms with Crippen molar-refractivity contribution >= 4 is 15.9 Å². The van der Waals surface area contributed by atoms with Crippen LogP contribution in [-0.2, 0) is 14.8 Å². The Morgan fingerprint density at radius 3 is 2.50 bits per heavy atom. The molecule has 1 N–H and O–H groups in total. The first-order chi connectivity index (χ1) is 13.5. The normalized spacial score (nSPS) is 22.1. The fraction of sp³-hybridized carbons (Fsp3) is 0.667. The minimum absolute atomic E-state index is 0.0116. The number of nitrogens with one attached hydrogen (secondary N) is 1. The maximum atomic E-state index is 12.9. The molecule has 28 heavy (non-hydrogen) atoms. The monoisotopic (exact) mass is 407 g/mol. The number of aryl methyl sites for hydroxylation is 1. The maximum absolute atomic E-state index is 12.9. The molecule has 0 unspecified atom stereocenters. The standard InChI is InChI=1S/C21H33N3O3S/c1-18-8-10-20(11-9-18)28(26,27)24-16-5-7-19(17-24)21(25)22-12-6-15-23-13-3-2-4-14-23/h8-11,19H,2-7,12-17H2,1H3,(H,22,25)/t19-/m1/s1. The average Bonchev–Trinajstić information content (AvgIpc) is 2.72. The summed E-state index contributed by atoms with van der Waals surface area (Å²) in [5.74, 6) is -0.272. The summed E-state index contributed by atoms with van der Waals surface area (Å²) in [4.78, 5) is 15.3. The van der Waals surface area contributed by atoms with Crippen molar-refractivity contribution in [3.8, 4) is 0 Å². The highest BCUT2D eigenvalue weighted by atomic mass is 32.2. The van der Waals surface area contributed by atoms with Crippen molar-refractivity contribution in [3.05, 3.63) is 29.8 Å². The van der Waals surface area contributed by atoms with Crippen LogP contribution in [0, 0.1) is 12.8 Å². The molecule has 0 spiro atoms. The number of benzene rings is 1. The summed E-state index contributed by atoms with van der Waals surface area (Å²) in [6, 6.07) is 6.91.